The Labute approximate surface area is 372 Å². The smallest absolute Gasteiger partial charge is 0.238 e. The highest BCUT2D eigenvalue weighted by molar-refractivity contribution is 6.26. The van der Waals surface area contributed by atoms with Gasteiger partial charge in [-0.15, -0.1) is 0 Å². The number of rotatable bonds is 6. The van der Waals surface area contributed by atoms with Crippen molar-refractivity contribution in [2.45, 2.75) is 6.54 Å². The van der Waals surface area contributed by atoms with Gasteiger partial charge in [0.2, 0.25) is 5.95 Å². The minimum absolute atomic E-state index is 0.424. The molecule has 5 aromatic heterocycles. The lowest BCUT2D eigenvalue weighted by Gasteiger charge is -2.14. The van der Waals surface area contributed by atoms with Gasteiger partial charge in [-0.25, -0.2) is 4.98 Å². The average Bonchev–Trinajstić information content (AvgIpc) is 4.10. The molecule has 65 heavy (non-hydrogen) atoms. The minimum Gasteiger partial charge on any atom is -0.333 e. The van der Waals surface area contributed by atoms with E-state index in [9.17, 15) is 0 Å². The molecule has 0 aliphatic heterocycles. The molecular weight excluding hydrogens is 795 g/mol. The molecule has 5 heterocycles. The first-order valence-corrected chi connectivity index (χ1v) is 22.1. The largest absolute Gasteiger partial charge is 0.333 e. The van der Waals surface area contributed by atoms with Crippen LogP contribution in [0.1, 0.15) is 5.82 Å². The molecule has 14 aromatic rings. The van der Waals surface area contributed by atoms with Crippen LogP contribution in [-0.4, -0.2) is 33.2 Å². The van der Waals surface area contributed by atoms with Crippen LogP contribution in [0.4, 0.5) is 0 Å². The lowest BCUT2D eigenvalue weighted by Crippen LogP contribution is -2.11. The van der Waals surface area contributed by atoms with Crippen molar-refractivity contribution >= 4 is 87.2 Å². The van der Waals surface area contributed by atoms with Crippen LogP contribution in [0.3, 0.4) is 0 Å². The van der Waals surface area contributed by atoms with Crippen LogP contribution in [0.5, 0.6) is 0 Å². The van der Waals surface area contributed by atoms with Crippen LogP contribution in [0.15, 0.2) is 212 Å². The summed E-state index contributed by atoms with van der Waals surface area (Å²) in [6, 6.07) is 75.6. The number of para-hydroxylation sites is 6. The maximum Gasteiger partial charge on any atom is 0.238 e. The van der Waals surface area contributed by atoms with Crippen LogP contribution in [0, 0.1) is 0 Å². The van der Waals surface area contributed by atoms with Gasteiger partial charge in [0.1, 0.15) is 0 Å². The zero-order valence-electron chi connectivity index (χ0n) is 35.0. The predicted octanol–water partition coefficient (Wildman–Crippen LogP) is 14.0. The molecule has 0 fully saturated rings. The molecule has 304 valence electrons. The molecule has 0 unspecified atom stereocenters. The van der Waals surface area contributed by atoms with E-state index in [0.29, 0.717) is 24.1 Å². The third kappa shape index (κ3) is 5.21. The van der Waals surface area contributed by atoms with Crippen molar-refractivity contribution in [2.75, 3.05) is 0 Å². The van der Waals surface area contributed by atoms with Gasteiger partial charge in [-0.3, -0.25) is 4.57 Å². The van der Waals surface area contributed by atoms with Crippen molar-refractivity contribution in [1.29, 1.82) is 0 Å². The fourth-order valence-corrected chi connectivity index (χ4v) is 10.6. The molecule has 0 N–H and O–H groups in total. The summed E-state index contributed by atoms with van der Waals surface area (Å²) in [6.45, 7) is 0.424. The number of hydrogen-bond donors (Lipinski definition) is 0. The van der Waals surface area contributed by atoms with E-state index < -0.39 is 0 Å². The van der Waals surface area contributed by atoms with Crippen molar-refractivity contribution in [3.63, 3.8) is 0 Å². The number of fused-ring (bicyclic) bond motifs is 14. The van der Waals surface area contributed by atoms with E-state index in [-0.39, 0.29) is 0 Å². The highest BCUT2D eigenvalue weighted by Crippen LogP contribution is 2.43. The molecule has 0 saturated carbocycles. The number of benzene rings is 9. The summed E-state index contributed by atoms with van der Waals surface area (Å²) < 4.78 is 9.49. The van der Waals surface area contributed by atoms with E-state index in [4.69, 9.17) is 15.0 Å². The Morgan fingerprint density at radius 1 is 0.308 bits per heavy atom. The molecule has 7 nitrogen and oxygen atoms in total. The topological polar surface area (TPSA) is 58.4 Å². The van der Waals surface area contributed by atoms with Crippen molar-refractivity contribution in [2.24, 2.45) is 0 Å². The van der Waals surface area contributed by atoms with Gasteiger partial charge in [0.15, 0.2) is 11.6 Å². The Kier molecular flexibility index (Phi) is 7.62. The highest BCUT2D eigenvalue weighted by atomic mass is 15.2. The number of hydrogen-bond acceptors (Lipinski definition) is 3. The molecule has 0 spiro atoms. The first-order chi connectivity index (χ1) is 32.3. The predicted molar refractivity (Wildman–Crippen MR) is 267 cm³/mol. The molecule has 0 saturated heterocycles. The van der Waals surface area contributed by atoms with Crippen molar-refractivity contribution < 1.29 is 0 Å². The maximum absolute atomic E-state index is 5.52. The van der Waals surface area contributed by atoms with Gasteiger partial charge in [-0.05, 0) is 54.6 Å². The van der Waals surface area contributed by atoms with E-state index in [1.54, 1.807) is 0 Å². The molecule has 0 bridgehead atoms. The summed E-state index contributed by atoms with van der Waals surface area (Å²) in [6.07, 6.45) is 0. The van der Waals surface area contributed by atoms with Crippen LogP contribution in [0.25, 0.3) is 116 Å². The Balaban J connectivity index is 1.07. The van der Waals surface area contributed by atoms with Gasteiger partial charge >= 0.3 is 0 Å². The second-order valence-electron chi connectivity index (χ2n) is 16.8. The molecule has 7 heteroatoms. The molecule has 0 atom stereocenters. The quantitative estimate of drug-likeness (QED) is 0.168. The summed E-state index contributed by atoms with van der Waals surface area (Å²) in [4.78, 5) is 16.2. The SMILES string of the molecule is c1ccc(-c2nc(Cn3c4ccccc4c4c3ccc3c5ccccc5n(-c5ccccc5)c34)nc(-n3c4ccccc4c4ccc5c6ccccc6n(-c6ccccc6)c5c43)n2)cc1. The van der Waals surface area contributed by atoms with Gasteiger partial charge < -0.3 is 13.7 Å². The third-order valence-corrected chi connectivity index (χ3v) is 13.3. The zero-order chi connectivity index (χ0) is 42.6. The first kappa shape index (κ1) is 35.8. The fraction of sp³-hybridized carbons (Fsp3) is 0.0172. The lowest BCUT2D eigenvalue weighted by molar-refractivity contribution is 0.770. The van der Waals surface area contributed by atoms with E-state index in [0.717, 1.165) is 60.8 Å². The molecule has 14 rings (SSSR count). The van der Waals surface area contributed by atoms with Gasteiger partial charge in [0, 0.05) is 65.5 Å². The normalized spacial score (nSPS) is 12.1. The summed E-state index contributed by atoms with van der Waals surface area (Å²) in [5, 5.41) is 9.47. The molecule has 0 radical (unpaired) electrons. The summed E-state index contributed by atoms with van der Waals surface area (Å²) >= 11 is 0. The van der Waals surface area contributed by atoms with Gasteiger partial charge in [0.25, 0.3) is 0 Å². The first-order valence-electron chi connectivity index (χ1n) is 22.1. The maximum atomic E-state index is 5.52. The van der Waals surface area contributed by atoms with Crippen LogP contribution < -0.4 is 0 Å². The van der Waals surface area contributed by atoms with Crippen molar-refractivity contribution in [1.82, 2.24) is 33.2 Å². The highest BCUT2D eigenvalue weighted by Gasteiger charge is 2.25. The minimum atomic E-state index is 0.424. The second-order valence-corrected chi connectivity index (χ2v) is 16.8. The van der Waals surface area contributed by atoms with Crippen LogP contribution in [0.2, 0.25) is 0 Å². The Morgan fingerprint density at radius 2 is 0.754 bits per heavy atom. The summed E-state index contributed by atoms with van der Waals surface area (Å²) in [7, 11) is 0. The summed E-state index contributed by atoms with van der Waals surface area (Å²) in [5.41, 5.74) is 12.1. The lowest BCUT2D eigenvalue weighted by atomic mass is 10.1. The van der Waals surface area contributed by atoms with E-state index in [2.05, 4.69) is 212 Å². The molecule has 0 amide bonds. The molecule has 0 aliphatic carbocycles. The van der Waals surface area contributed by atoms with Crippen LogP contribution >= 0.6 is 0 Å². The van der Waals surface area contributed by atoms with Gasteiger partial charge in [-0.2, -0.15) is 9.97 Å². The molecule has 9 aromatic carbocycles. The van der Waals surface area contributed by atoms with Crippen LogP contribution in [-0.2, 0) is 6.54 Å². The fourth-order valence-electron chi connectivity index (χ4n) is 10.6. The number of aromatic nitrogens is 7. The molecular formula is C58H37N7. The van der Waals surface area contributed by atoms with Crippen molar-refractivity contribution in [3.05, 3.63) is 218 Å². The second kappa shape index (κ2) is 13.8. The Morgan fingerprint density at radius 3 is 1.35 bits per heavy atom. The van der Waals surface area contributed by atoms with E-state index >= 15 is 0 Å². The molecule has 0 aliphatic rings. The van der Waals surface area contributed by atoms with E-state index in [1.165, 1.54) is 43.4 Å². The monoisotopic (exact) mass is 831 g/mol. The zero-order valence-corrected chi connectivity index (χ0v) is 35.0. The summed E-state index contributed by atoms with van der Waals surface area (Å²) in [5.74, 6) is 1.87. The Bertz CT molecular complexity index is 4190. The van der Waals surface area contributed by atoms with Gasteiger partial charge in [0.05, 0.1) is 45.2 Å². The Hall–Kier alpha value is -8.81. The van der Waals surface area contributed by atoms with E-state index in [1.807, 2.05) is 18.2 Å². The van der Waals surface area contributed by atoms with Gasteiger partial charge in [-0.1, -0.05) is 158 Å². The van der Waals surface area contributed by atoms with Crippen molar-refractivity contribution in [3.8, 4) is 28.7 Å². The standard InChI is InChI=1S/C58H37N7/c1-4-18-37(19-5-1)57-59-52(36-62-47-28-14-13-27-46(47)53-51(62)35-34-43-40-24-10-15-29-48(40)63(54(43)53)38-20-6-2-7-21-38)60-58(61-57)65-50-31-17-12-26-42(50)45-33-32-44-41-25-11-16-30-49(41)64(55(44)56(45)65)39-22-8-3-9-23-39/h1-35H,36H2. The average molecular weight is 832 g/mol. The third-order valence-electron chi connectivity index (χ3n) is 13.3. The number of nitrogens with zero attached hydrogens (tertiary/aromatic N) is 7.